The summed E-state index contributed by atoms with van der Waals surface area (Å²) in [4.78, 5) is 55.8. The Kier molecular flexibility index (Phi) is 7.21. The van der Waals surface area contributed by atoms with Crippen molar-refractivity contribution in [3.05, 3.63) is 39.7 Å². The molecular formula is C21H24F2N9O7PS. The van der Waals surface area contributed by atoms with E-state index < -0.39 is 60.9 Å². The van der Waals surface area contributed by atoms with E-state index in [9.17, 15) is 18.9 Å². The third-order valence-corrected chi connectivity index (χ3v) is 8.40. The first-order chi connectivity index (χ1) is 19.6. The smallest absolute Gasteiger partial charge is 0.325 e. The normalized spacial score (nSPS) is 29.9. The third kappa shape index (κ3) is 5.07. The van der Waals surface area contributed by atoms with Gasteiger partial charge in [-0.05, 0) is 18.2 Å². The first-order valence-corrected chi connectivity index (χ1v) is 15.0. The molecule has 2 fully saturated rings. The SMILES string of the molecule is CCC1O[C@@H](n2cnc3c(=O)[nH]c(N)nc32)[C@H](OP(O)(=S)OC[C@@H]2C[C@H](F)[C@H](n3cnc4c(=O)[nH]cnc43)O2)[C@@H]1F. The molecule has 2 saturated heterocycles. The molecule has 16 nitrogen and oxygen atoms in total. The van der Waals surface area contributed by atoms with Crippen LogP contribution < -0.4 is 16.9 Å². The maximum Gasteiger partial charge on any atom is 0.325 e. The van der Waals surface area contributed by atoms with Crippen LogP contribution in [0.5, 0.6) is 0 Å². The number of nitrogens with two attached hydrogens (primary N) is 1. The highest BCUT2D eigenvalue weighted by molar-refractivity contribution is 8.07. The monoisotopic (exact) mass is 615 g/mol. The van der Waals surface area contributed by atoms with Crippen molar-refractivity contribution in [2.45, 2.75) is 62.9 Å². The molecular weight excluding hydrogens is 591 g/mol. The molecule has 5 N–H and O–H groups in total. The van der Waals surface area contributed by atoms with Crippen molar-refractivity contribution in [2.24, 2.45) is 0 Å². The molecule has 0 bridgehead atoms. The zero-order valence-corrected chi connectivity index (χ0v) is 22.9. The summed E-state index contributed by atoms with van der Waals surface area (Å²) in [5.74, 6) is -0.188. The van der Waals surface area contributed by atoms with Gasteiger partial charge in [-0.25, -0.2) is 23.7 Å². The number of halogens is 2. The minimum atomic E-state index is -4.15. The summed E-state index contributed by atoms with van der Waals surface area (Å²) < 4.78 is 55.6. The second-order valence-corrected chi connectivity index (χ2v) is 12.3. The Morgan fingerprint density at radius 1 is 1.15 bits per heavy atom. The summed E-state index contributed by atoms with van der Waals surface area (Å²) in [5, 5.41) is 0. The molecule has 0 saturated carbocycles. The third-order valence-electron chi connectivity index (χ3n) is 6.84. The van der Waals surface area contributed by atoms with Gasteiger partial charge in [-0.15, -0.1) is 0 Å². The van der Waals surface area contributed by atoms with Crippen LogP contribution in [0.15, 0.2) is 28.6 Å². The Balaban J connectivity index is 1.17. The highest BCUT2D eigenvalue weighted by atomic mass is 32.5. The second-order valence-electron chi connectivity index (χ2n) is 9.48. The van der Waals surface area contributed by atoms with Crippen molar-refractivity contribution >= 4 is 46.8 Å². The van der Waals surface area contributed by atoms with E-state index in [1.165, 1.54) is 28.1 Å². The van der Waals surface area contributed by atoms with E-state index in [4.69, 9.17) is 36.1 Å². The molecule has 4 aromatic heterocycles. The molecule has 0 radical (unpaired) electrons. The molecule has 2 aliphatic heterocycles. The molecule has 20 heteroatoms. The average Bonchev–Trinajstić information content (AvgIpc) is 3.69. The van der Waals surface area contributed by atoms with E-state index in [0.29, 0.717) is 0 Å². The quantitative estimate of drug-likeness (QED) is 0.202. The minimum Gasteiger partial charge on any atom is -0.369 e. The number of rotatable bonds is 8. The highest BCUT2D eigenvalue weighted by Crippen LogP contribution is 2.51. The van der Waals surface area contributed by atoms with Crippen LogP contribution in [0.1, 0.15) is 32.2 Å². The lowest BCUT2D eigenvalue weighted by Crippen LogP contribution is -2.31. The van der Waals surface area contributed by atoms with Gasteiger partial charge < -0.3 is 29.6 Å². The summed E-state index contributed by atoms with van der Waals surface area (Å²) in [7, 11) is 0. The van der Waals surface area contributed by atoms with Gasteiger partial charge in [-0.3, -0.25) is 28.2 Å². The van der Waals surface area contributed by atoms with Crippen molar-refractivity contribution in [3.63, 3.8) is 0 Å². The van der Waals surface area contributed by atoms with E-state index in [2.05, 4.69) is 29.9 Å². The molecule has 41 heavy (non-hydrogen) atoms. The van der Waals surface area contributed by atoms with Crippen LogP contribution in [0, 0.1) is 0 Å². The number of hydrogen-bond donors (Lipinski definition) is 4. The minimum absolute atomic E-state index is 0.0175. The van der Waals surface area contributed by atoms with Crippen LogP contribution in [0.4, 0.5) is 14.7 Å². The fourth-order valence-corrected chi connectivity index (χ4v) is 6.37. The van der Waals surface area contributed by atoms with Gasteiger partial charge in [0.15, 0.2) is 41.0 Å². The molecule has 6 heterocycles. The molecule has 2 unspecified atom stereocenters. The highest BCUT2D eigenvalue weighted by Gasteiger charge is 2.49. The van der Waals surface area contributed by atoms with Gasteiger partial charge in [-0.2, -0.15) is 4.98 Å². The van der Waals surface area contributed by atoms with Crippen LogP contribution >= 0.6 is 6.72 Å². The lowest BCUT2D eigenvalue weighted by atomic mass is 10.1. The van der Waals surface area contributed by atoms with Crippen molar-refractivity contribution in [1.29, 1.82) is 0 Å². The van der Waals surface area contributed by atoms with Crippen molar-refractivity contribution in [2.75, 3.05) is 12.3 Å². The van der Waals surface area contributed by atoms with Gasteiger partial charge in [0, 0.05) is 6.42 Å². The number of nitrogens with one attached hydrogen (secondary N) is 2. The number of ether oxygens (including phenoxy) is 2. The lowest BCUT2D eigenvalue weighted by molar-refractivity contribution is -0.0437. The van der Waals surface area contributed by atoms with E-state index >= 15 is 4.39 Å². The van der Waals surface area contributed by atoms with Crippen molar-refractivity contribution < 1.29 is 32.2 Å². The predicted molar refractivity (Wildman–Crippen MR) is 141 cm³/mol. The molecule has 6 rings (SSSR count). The summed E-state index contributed by atoms with van der Waals surface area (Å²) in [6.07, 6.45) is -5.17. The lowest BCUT2D eigenvalue weighted by Gasteiger charge is -2.26. The molecule has 4 aromatic rings. The number of H-pyrrole nitrogens is 2. The number of fused-ring (bicyclic) bond motifs is 2. The Morgan fingerprint density at radius 2 is 1.85 bits per heavy atom. The fraction of sp³-hybridized carbons (Fsp3) is 0.524. The molecule has 8 atom stereocenters. The van der Waals surface area contributed by atoms with Gasteiger partial charge >= 0.3 is 6.72 Å². The van der Waals surface area contributed by atoms with Crippen LogP contribution in [-0.4, -0.2) is 81.2 Å². The Morgan fingerprint density at radius 3 is 2.59 bits per heavy atom. The number of aromatic amines is 2. The Bertz CT molecular complexity index is 1760. The van der Waals surface area contributed by atoms with Crippen LogP contribution in [0.2, 0.25) is 0 Å². The summed E-state index contributed by atoms with van der Waals surface area (Å²) in [6.45, 7) is -2.82. The van der Waals surface area contributed by atoms with E-state index in [-0.39, 0.29) is 47.7 Å². The topological polar surface area (TPSA) is 210 Å². The van der Waals surface area contributed by atoms with E-state index in [1.54, 1.807) is 6.92 Å². The molecule has 220 valence electrons. The number of alkyl halides is 2. The molecule has 2 aliphatic rings. The predicted octanol–water partition coefficient (Wildman–Crippen LogP) is 0.725. The second kappa shape index (κ2) is 10.6. The van der Waals surface area contributed by atoms with E-state index in [1.807, 2.05) is 0 Å². The fourth-order valence-electron chi connectivity index (χ4n) is 4.95. The number of hydrogen-bond acceptors (Lipinski definition) is 12. The number of anilines is 1. The first-order valence-electron chi connectivity index (χ1n) is 12.4. The largest absolute Gasteiger partial charge is 0.369 e. The maximum absolute atomic E-state index is 15.4. The Labute approximate surface area is 233 Å². The summed E-state index contributed by atoms with van der Waals surface area (Å²) >= 11 is 5.15. The average molecular weight is 616 g/mol. The summed E-state index contributed by atoms with van der Waals surface area (Å²) in [6, 6.07) is 0. The summed E-state index contributed by atoms with van der Waals surface area (Å²) in [5.41, 5.74) is 4.69. The van der Waals surface area contributed by atoms with Crippen LogP contribution in [-0.2, 0) is 30.3 Å². The van der Waals surface area contributed by atoms with Crippen LogP contribution in [0.25, 0.3) is 22.3 Å². The molecule has 0 aromatic carbocycles. The maximum atomic E-state index is 15.4. The standard InChI is InChI=1S/C21H24F2N9O7PS/c1-2-10-11(23)14(20(38-10)32-7-28-13-16(32)29-21(24)30-18(13)34)39-40(35,41)36-4-8-3-9(22)19(37-8)31-6-27-12-15(31)25-5-26-17(12)33/h5-11,14,19-20H,2-4H2,1H3,(H,35,41)(H,25,26,33)(H3,24,29,30,34)/t8-,9-,10?,11+,14+,19+,20+,40?/m0/s1. The van der Waals surface area contributed by atoms with Crippen LogP contribution in [0.3, 0.4) is 0 Å². The van der Waals surface area contributed by atoms with Gasteiger partial charge in [-0.1, -0.05) is 6.92 Å². The van der Waals surface area contributed by atoms with Crippen molar-refractivity contribution in [3.8, 4) is 0 Å². The molecule has 0 spiro atoms. The molecule has 0 amide bonds. The van der Waals surface area contributed by atoms with Gasteiger partial charge in [0.25, 0.3) is 11.1 Å². The number of nitrogen functional groups attached to an aromatic ring is 1. The zero-order valence-electron chi connectivity index (χ0n) is 21.2. The zero-order chi connectivity index (χ0) is 29.1. The first kappa shape index (κ1) is 28.0. The van der Waals surface area contributed by atoms with Crippen molar-refractivity contribution in [1.82, 2.24) is 39.0 Å². The van der Waals surface area contributed by atoms with Gasteiger partial charge in [0.2, 0.25) is 5.95 Å². The number of nitrogens with zero attached hydrogens (tertiary/aromatic N) is 6. The number of aromatic nitrogens is 8. The van der Waals surface area contributed by atoms with Gasteiger partial charge in [0.05, 0.1) is 37.8 Å². The number of imidazole rings is 2. The molecule has 0 aliphatic carbocycles. The van der Waals surface area contributed by atoms with Gasteiger partial charge in [0.1, 0.15) is 12.3 Å². The Hall–Kier alpha value is -3.19. The van der Waals surface area contributed by atoms with E-state index in [0.717, 1.165) is 0 Å².